The predicted molar refractivity (Wildman–Crippen MR) is 90.9 cm³/mol. The summed E-state index contributed by atoms with van der Waals surface area (Å²) in [4.78, 5) is 0. The lowest BCUT2D eigenvalue weighted by Crippen LogP contribution is -2.17. The Kier molecular flexibility index (Phi) is 4.48. The van der Waals surface area contributed by atoms with Crippen LogP contribution in [-0.4, -0.2) is 35.1 Å². The van der Waals surface area contributed by atoms with E-state index in [1.165, 1.54) is 18.4 Å². The van der Waals surface area contributed by atoms with Crippen LogP contribution >= 0.6 is 0 Å². The van der Waals surface area contributed by atoms with Gasteiger partial charge in [-0.15, -0.1) is 10.2 Å². The molecule has 5 heteroatoms. The summed E-state index contributed by atoms with van der Waals surface area (Å²) in [5.41, 5.74) is 4.33. The van der Waals surface area contributed by atoms with Crippen molar-refractivity contribution in [1.29, 1.82) is 0 Å². The highest BCUT2D eigenvalue weighted by molar-refractivity contribution is 5.68. The molecule has 1 aliphatic carbocycles. The standard InChI is InChI=1S/C18H23N3O2/c1-11-8-17(20-21-18(11)19-10-12(2)22)15-7-6-14(23-3)9-16(15)13-4-5-13/h6-9,12-13,22H,4-5,10H2,1-3H3,(H,19,21)/t12-/m1/s1. The number of methoxy groups -OCH3 is 1. The summed E-state index contributed by atoms with van der Waals surface area (Å²) in [6.07, 6.45) is 2.03. The number of benzene rings is 1. The molecule has 0 radical (unpaired) electrons. The first kappa shape index (κ1) is 15.7. The summed E-state index contributed by atoms with van der Waals surface area (Å²) in [6, 6.07) is 8.20. The Morgan fingerprint density at radius 3 is 2.70 bits per heavy atom. The van der Waals surface area contributed by atoms with Crippen LogP contribution in [0.3, 0.4) is 0 Å². The third-order valence-corrected chi connectivity index (χ3v) is 4.10. The van der Waals surface area contributed by atoms with Gasteiger partial charge in [-0.3, -0.25) is 0 Å². The van der Waals surface area contributed by atoms with Gasteiger partial charge in [-0.05, 0) is 68.0 Å². The molecule has 1 heterocycles. The number of aryl methyl sites for hydroxylation is 1. The number of ether oxygens (including phenoxy) is 1. The molecule has 1 saturated carbocycles. The van der Waals surface area contributed by atoms with Gasteiger partial charge in [0, 0.05) is 12.1 Å². The van der Waals surface area contributed by atoms with Crippen molar-refractivity contribution in [2.75, 3.05) is 19.0 Å². The normalized spacial score (nSPS) is 15.3. The van der Waals surface area contributed by atoms with Crippen LogP contribution in [0.2, 0.25) is 0 Å². The molecule has 5 nitrogen and oxygen atoms in total. The van der Waals surface area contributed by atoms with E-state index < -0.39 is 6.10 Å². The number of hydrogen-bond acceptors (Lipinski definition) is 5. The summed E-state index contributed by atoms with van der Waals surface area (Å²) in [5, 5.41) is 21.1. The lowest BCUT2D eigenvalue weighted by molar-refractivity contribution is 0.208. The fourth-order valence-corrected chi connectivity index (χ4v) is 2.67. The Hall–Kier alpha value is -2.14. The fraction of sp³-hybridized carbons (Fsp3) is 0.444. The largest absolute Gasteiger partial charge is 0.497 e. The van der Waals surface area contributed by atoms with Crippen molar-refractivity contribution < 1.29 is 9.84 Å². The summed E-state index contributed by atoms with van der Waals surface area (Å²) in [5.74, 6) is 2.21. The molecule has 3 rings (SSSR count). The topological polar surface area (TPSA) is 67.3 Å². The number of anilines is 1. The number of aliphatic hydroxyl groups excluding tert-OH is 1. The van der Waals surface area contributed by atoms with Crippen molar-refractivity contribution in [2.45, 2.75) is 38.7 Å². The summed E-state index contributed by atoms with van der Waals surface area (Å²) < 4.78 is 5.35. The Labute approximate surface area is 136 Å². The number of nitrogens with one attached hydrogen (secondary N) is 1. The van der Waals surface area contributed by atoms with Crippen molar-refractivity contribution in [1.82, 2.24) is 10.2 Å². The molecule has 0 saturated heterocycles. The van der Waals surface area contributed by atoms with Gasteiger partial charge in [-0.2, -0.15) is 0 Å². The third-order valence-electron chi connectivity index (χ3n) is 4.10. The molecule has 0 spiro atoms. The minimum absolute atomic E-state index is 0.418. The van der Waals surface area contributed by atoms with E-state index in [0.717, 1.165) is 28.4 Å². The van der Waals surface area contributed by atoms with Crippen LogP contribution in [0.4, 0.5) is 5.82 Å². The molecule has 0 aliphatic heterocycles. The lowest BCUT2D eigenvalue weighted by Gasteiger charge is -2.13. The van der Waals surface area contributed by atoms with Crippen molar-refractivity contribution in [3.05, 3.63) is 35.4 Å². The van der Waals surface area contributed by atoms with Crippen LogP contribution in [0, 0.1) is 6.92 Å². The van der Waals surface area contributed by atoms with Gasteiger partial charge in [0.2, 0.25) is 0 Å². The first-order valence-corrected chi connectivity index (χ1v) is 8.03. The van der Waals surface area contributed by atoms with Gasteiger partial charge in [-0.1, -0.05) is 0 Å². The van der Waals surface area contributed by atoms with Gasteiger partial charge in [0.15, 0.2) is 5.82 Å². The van der Waals surface area contributed by atoms with Gasteiger partial charge >= 0.3 is 0 Å². The molecule has 0 unspecified atom stereocenters. The minimum atomic E-state index is -0.418. The minimum Gasteiger partial charge on any atom is -0.497 e. The number of hydrogen-bond donors (Lipinski definition) is 2. The number of rotatable bonds is 6. The zero-order valence-electron chi connectivity index (χ0n) is 13.8. The molecule has 23 heavy (non-hydrogen) atoms. The van der Waals surface area contributed by atoms with Gasteiger partial charge in [0.25, 0.3) is 0 Å². The molecule has 122 valence electrons. The predicted octanol–water partition coefficient (Wildman–Crippen LogP) is 3.13. The SMILES string of the molecule is COc1ccc(-c2cc(C)c(NC[C@@H](C)O)nn2)c(C2CC2)c1. The monoisotopic (exact) mass is 313 g/mol. The Balaban J connectivity index is 1.91. The number of nitrogens with zero attached hydrogens (tertiary/aromatic N) is 2. The lowest BCUT2D eigenvalue weighted by atomic mass is 9.99. The zero-order chi connectivity index (χ0) is 16.4. The van der Waals surface area contributed by atoms with Crippen LogP contribution in [0.1, 0.15) is 36.8 Å². The van der Waals surface area contributed by atoms with E-state index in [1.54, 1.807) is 14.0 Å². The second kappa shape index (κ2) is 6.54. The molecule has 1 aromatic carbocycles. The van der Waals surface area contributed by atoms with Crippen molar-refractivity contribution in [3.63, 3.8) is 0 Å². The zero-order valence-corrected chi connectivity index (χ0v) is 13.8. The van der Waals surface area contributed by atoms with E-state index in [4.69, 9.17) is 4.74 Å². The second-order valence-corrected chi connectivity index (χ2v) is 6.22. The smallest absolute Gasteiger partial charge is 0.151 e. The van der Waals surface area contributed by atoms with Crippen molar-refractivity contribution in [2.24, 2.45) is 0 Å². The first-order chi connectivity index (χ1) is 11.1. The Morgan fingerprint density at radius 1 is 1.30 bits per heavy atom. The van der Waals surface area contributed by atoms with E-state index in [2.05, 4.69) is 27.6 Å². The molecule has 2 N–H and O–H groups in total. The molecule has 1 aromatic heterocycles. The van der Waals surface area contributed by atoms with E-state index in [9.17, 15) is 5.11 Å². The fourth-order valence-electron chi connectivity index (χ4n) is 2.67. The summed E-state index contributed by atoms with van der Waals surface area (Å²) >= 11 is 0. The van der Waals surface area contributed by atoms with E-state index in [-0.39, 0.29) is 0 Å². The van der Waals surface area contributed by atoms with Gasteiger partial charge in [0.1, 0.15) is 5.75 Å². The second-order valence-electron chi connectivity index (χ2n) is 6.22. The van der Waals surface area contributed by atoms with Crippen molar-refractivity contribution >= 4 is 5.82 Å². The molecule has 1 aliphatic rings. The molecular formula is C18H23N3O2. The maximum Gasteiger partial charge on any atom is 0.151 e. The molecule has 2 aromatic rings. The first-order valence-electron chi connectivity index (χ1n) is 8.03. The van der Waals surface area contributed by atoms with Gasteiger partial charge in [-0.25, -0.2) is 0 Å². The van der Waals surface area contributed by atoms with E-state index in [1.807, 2.05) is 19.1 Å². The third kappa shape index (κ3) is 3.62. The summed E-state index contributed by atoms with van der Waals surface area (Å²) in [6.45, 7) is 4.21. The Morgan fingerprint density at radius 2 is 2.09 bits per heavy atom. The van der Waals surface area contributed by atoms with Crippen molar-refractivity contribution in [3.8, 4) is 17.0 Å². The maximum absolute atomic E-state index is 9.37. The average Bonchev–Trinajstić information content (AvgIpc) is 3.37. The molecule has 0 amide bonds. The van der Waals surface area contributed by atoms with Crippen LogP contribution in [0.25, 0.3) is 11.3 Å². The highest BCUT2D eigenvalue weighted by Gasteiger charge is 2.27. The summed E-state index contributed by atoms with van der Waals surface area (Å²) in [7, 11) is 1.69. The van der Waals surface area contributed by atoms with Crippen LogP contribution in [0.15, 0.2) is 24.3 Å². The quantitative estimate of drug-likeness (QED) is 0.857. The highest BCUT2D eigenvalue weighted by Crippen LogP contribution is 2.45. The van der Waals surface area contributed by atoms with Gasteiger partial charge < -0.3 is 15.2 Å². The Bertz CT molecular complexity index is 697. The van der Waals surface area contributed by atoms with E-state index >= 15 is 0 Å². The van der Waals surface area contributed by atoms with Crippen LogP contribution in [0.5, 0.6) is 5.75 Å². The maximum atomic E-state index is 9.37. The average molecular weight is 313 g/mol. The number of aliphatic hydroxyl groups is 1. The highest BCUT2D eigenvalue weighted by atomic mass is 16.5. The number of aromatic nitrogens is 2. The molecule has 0 bridgehead atoms. The molecule has 1 fully saturated rings. The molecule has 1 atom stereocenters. The van der Waals surface area contributed by atoms with Crippen LogP contribution < -0.4 is 10.1 Å². The van der Waals surface area contributed by atoms with Gasteiger partial charge in [0.05, 0.1) is 18.9 Å². The molecular weight excluding hydrogens is 290 g/mol. The van der Waals surface area contributed by atoms with E-state index in [0.29, 0.717) is 12.5 Å². The van der Waals surface area contributed by atoms with Crippen LogP contribution in [-0.2, 0) is 0 Å².